The highest BCUT2D eigenvalue weighted by Gasteiger charge is 2.11. The zero-order valence-corrected chi connectivity index (χ0v) is 10.3. The number of benzene rings is 1. The second kappa shape index (κ2) is 6.91. The highest BCUT2D eigenvalue weighted by atomic mass is 35.5. The predicted molar refractivity (Wildman–Crippen MR) is 65.6 cm³/mol. The fraction of sp³-hybridized carbons (Fsp3) is 0.333. The Balaban J connectivity index is 2.45. The molecule has 4 nitrogen and oxygen atoms in total. The molecule has 0 saturated carbocycles. The number of oxime groups is 1. The third-order valence-electron chi connectivity index (χ3n) is 2.31. The van der Waals surface area contributed by atoms with Crippen molar-refractivity contribution >= 4 is 23.3 Å². The van der Waals surface area contributed by atoms with Crippen LogP contribution in [0.15, 0.2) is 29.4 Å². The molecule has 5 heteroatoms. The number of rotatable bonds is 5. The van der Waals surface area contributed by atoms with Crippen molar-refractivity contribution in [1.82, 2.24) is 0 Å². The van der Waals surface area contributed by atoms with Gasteiger partial charge in [0.25, 0.3) is 0 Å². The van der Waals surface area contributed by atoms with Crippen molar-refractivity contribution in [1.29, 1.82) is 0 Å². The van der Waals surface area contributed by atoms with Gasteiger partial charge >= 0.3 is 5.97 Å². The van der Waals surface area contributed by atoms with Crippen molar-refractivity contribution in [2.75, 3.05) is 7.11 Å². The van der Waals surface area contributed by atoms with Crippen LogP contribution in [0.2, 0.25) is 5.02 Å². The molecule has 0 fully saturated rings. The molecule has 0 bridgehead atoms. The number of carbonyl (C=O) groups is 1. The second-order valence-corrected chi connectivity index (χ2v) is 3.96. The first-order chi connectivity index (χ1) is 8.17. The van der Waals surface area contributed by atoms with Crippen molar-refractivity contribution in [2.24, 2.45) is 5.16 Å². The number of hydrogen-bond acceptors (Lipinski definition) is 4. The summed E-state index contributed by atoms with van der Waals surface area (Å²) in [5.41, 5.74) is 1.12. The molecule has 0 saturated heterocycles. The van der Waals surface area contributed by atoms with E-state index in [-0.39, 0.29) is 5.71 Å². The van der Waals surface area contributed by atoms with Gasteiger partial charge in [0.15, 0.2) is 5.71 Å². The quantitative estimate of drug-likeness (QED) is 0.381. The lowest BCUT2D eigenvalue weighted by Gasteiger charge is -2.03. The molecule has 1 N–H and O–H groups in total. The molecule has 92 valence electrons. The first kappa shape index (κ1) is 13.5. The van der Waals surface area contributed by atoms with Crippen LogP contribution in [0.4, 0.5) is 0 Å². The van der Waals surface area contributed by atoms with Crippen LogP contribution in [0.3, 0.4) is 0 Å². The van der Waals surface area contributed by atoms with Gasteiger partial charge in [0.05, 0.1) is 7.11 Å². The molecule has 0 spiro atoms. The van der Waals surface area contributed by atoms with E-state index in [2.05, 4.69) is 9.89 Å². The molecule has 0 aromatic heterocycles. The van der Waals surface area contributed by atoms with E-state index >= 15 is 0 Å². The van der Waals surface area contributed by atoms with Gasteiger partial charge in [-0.25, -0.2) is 4.79 Å². The van der Waals surface area contributed by atoms with E-state index in [1.54, 1.807) is 6.07 Å². The highest BCUT2D eigenvalue weighted by molar-refractivity contribution is 6.36. The van der Waals surface area contributed by atoms with Gasteiger partial charge in [-0.2, -0.15) is 0 Å². The number of hydrogen-bond donors (Lipinski definition) is 1. The van der Waals surface area contributed by atoms with E-state index in [1.165, 1.54) is 7.11 Å². The summed E-state index contributed by atoms with van der Waals surface area (Å²) >= 11 is 5.85. The lowest BCUT2D eigenvalue weighted by atomic mass is 10.1. The minimum Gasteiger partial charge on any atom is -0.464 e. The summed E-state index contributed by atoms with van der Waals surface area (Å²) in [6.07, 6.45) is 1.82. The van der Waals surface area contributed by atoms with Crippen molar-refractivity contribution < 1.29 is 14.7 Å². The van der Waals surface area contributed by atoms with Crippen molar-refractivity contribution in [3.8, 4) is 0 Å². The van der Waals surface area contributed by atoms with E-state index in [0.717, 1.165) is 12.0 Å². The summed E-state index contributed by atoms with van der Waals surface area (Å²) in [5.74, 6) is -0.599. The first-order valence-electron chi connectivity index (χ1n) is 5.21. The van der Waals surface area contributed by atoms with Crippen LogP contribution in [-0.4, -0.2) is 24.0 Å². The average Bonchev–Trinajstić information content (AvgIpc) is 2.34. The van der Waals surface area contributed by atoms with Gasteiger partial charge in [-0.1, -0.05) is 28.9 Å². The molecule has 0 amide bonds. The lowest BCUT2D eigenvalue weighted by molar-refractivity contribution is -0.133. The summed E-state index contributed by atoms with van der Waals surface area (Å²) < 4.78 is 4.47. The third kappa shape index (κ3) is 4.44. The molecule has 1 aromatic carbocycles. The molecule has 17 heavy (non-hydrogen) atoms. The highest BCUT2D eigenvalue weighted by Crippen LogP contribution is 2.13. The summed E-state index contributed by atoms with van der Waals surface area (Å²) in [6.45, 7) is 0. The standard InChI is InChI=1S/C12H14ClNO3/c1-17-12(15)11(14-16)7-3-5-9-4-2-6-10(13)8-9/h2,4,6,8,16H,3,5,7H2,1H3. The average molecular weight is 256 g/mol. The first-order valence-corrected chi connectivity index (χ1v) is 5.59. The van der Waals surface area contributed by atoms with Crippen LogP contribution in [-0.2, 0) is 16.0 Å². The van der Waals surface area contributed by atoms with Crippen LogP contribution in [0.25, 0.3) is 0 Å². The molecule has 1 rings (SSSR count). The molecule has 0 radical (unpaired) electrons. The lowest BCUT2D eigenvalue weighted by Crippen LogP contribution is -2.15. The number of nitrogens with zero attached hydrogens (tertiary/aromatic N) is 1. The van der Waals surface area contributed by atoms with Crippen LogP contribution < -0.4 is 0 Å². The van der Waals surface area contributed by atoms with Crippen LogP contribution >= 0.6 is 11.6 Å². The van der Waals surface area contributed by atoms with Gasteiger partial charge in [0.1, 0.15) is 0 Å². The van der Waals surface area contributed by atoms with Crippen LogP contribution in [0.5, 0.6) is 0 Å². The number of ether oxygens (including phenoxy) is 1. The molecule has 0 atom stereocenters. The molecule has 0 heterocycles. The number of halogens is 1. The molecular formula is C12H14ClNO3. The van der Waals surface area contributed by atoms with Crippen molar-refractivity contribution in [2.45, 2.75) is 19.3 Å². The Labute approximate surface area is 105 Å². The van der Waals surface area contributed by atoms with E-state index in [9.17, 15) is 4.79 Å². The Morgan fingerprint density at radius 2 is 2.29 bits per heavy atom. The molecule has 0 aliphatic rings. The summed E-state index contributed by atoms with van der Waals surface area (Å²) in [4.78, 5) is 11.1. The van der Waals surface area contributed by atoms with E-state index < -0.39 is 5.97 Å². The fourth-order valence-electron chi connectivity index (χ4n) is 1.46. The third-order valence-corrected chi connectivity index (χ3v) is 2.54. The van der Waals surface area contributed by atoms with Gasteiger partial charge < -0.3 is 9.94 Å². The van der Waals surface area contributed by atoms with Crippen LogP contribution in [0, 0.1) is 0 Å². The van der Waals surface area contributed by atoms with E-state index in [1.807, 2.05) is 18.2 Å². The molecule has 0 aliphatic carbocycles. The Kier molecular flexibility index (Phi) is 5.49. The number of aryl methyl sites for hydroxylation is 1. The summed E-state index contributed by atoms with van der Waals surface area (Å²) in [7, 11) is 1.25. The minimum absolute atomic E-state index is 0.0366. The monoisotopic (exact) mass is 255 g/mol. The zero-order chi connectivity index (χ0) is 12.7. The van der Waals surface area contributed by atoms with Gasteiger partial charge in [-0.15, -0.1) is 0 Å². The maximum absolute atomic E-state index is 11.1. The minimum atomic E-state index is -0.599. The molecule has 0 unspecified atom stereocenters. The number of methoxy groups -OCH3 is 1. The Morgan fingerprint density at radius 3 is 2.88 bits per heavy atom. The fourth-order valence-corrected chi connectivity index (χ4v) is 1.68. The Hall–Kier alpha value is -1.55. The molecule has 0 aliphatic heterocycles. The Bertz CT molecular complexity index is 418. The van der Waals surface area contributed by atoms with Crippen molar-refractivity contribution in [3.05, 3.63) is 34.9 Å². The maximum Gasteiger partial charge on any atom is 0.355 e. The van der Waals surface area contributed by atoms with E-state index in [4.69, 9.17) is 16.8 Å². The maximum atomic E-state index is 11.1. The smallest absolute Gasteiger partial charge is 0.355 e. The Morgan fingerprint density at radius 1 is 1.53 bits per heavy atom. The molecule has 1 aromatic rings. The molecular weight excluding hydrogens is 242 g/mol. The number of esters is 1. The predicted octanol–water partition coefficient (Wildman–Crippen LogP) is 2.67. The van der Waals surface area contributed by atoms with E-state index in [0.29, 0.717) is 17.9 Å². The van der Waals surface area contributed by atoms with Gasteiger partial charge in [-0.05, 0) is 30.5 Å². The number of carbonyl (C=O) groups excluding carboxylic acids is 1. The summed E-state index contributed by atoms with van der Waals surface area (Å²) in [5, 5.41) is 12.2. The van der Waals surface area contributed by atoms with Gasteiger partial charge in [0.2, 0.25) is 0 Å². The SMILES string of the molecule is COC(=O)C(CCCc1cccc(Cl)c1)=NO. The largest absolute Gasteiger partial charge is 0.464 e. The topological polar surface area (TPSA) is 58.9 Å². The zero-order valence-electron chi connectivity index (χ0n) is 9.52. The van der Waals surface area contributed by atoms with Gasteiger partial charge in [0, 0.05) is 11.4 Å². The second-order valence-electron chi connectivity index (χ2n) is 3.52. The van der Waals surface area contributed by atoms with Crippen molar-refractivity contribution in [3.63, 3.8) is 0 Å². The van der Waals surface area contributed by atoms with Gasteiger partial charge in [-0.3, -0.25) is 0 Å². The summed E-state index contributed by atoms with van der Waals surface area (Å²) in [6, 6.07) is 7.51. The normalized spacial score (nSPS) is 11.3. The van der Waals surface area contributed by atoms with Crippen LogP contribution in [0.1, 0.15) is 18.4 Å².